The van der Waals surface area contributed by atoms with Gasteiger partial charge in [0.05, 0.1) is 17.5 Å². The summed E-state index contributed by atoms with van der Waals surface area (Å²) in [6, 6.07) is 3.07. The summed E-state index contributed by atoms with van der Waals surface area (Å²) in [6.45, 7) is 5.81. The van der Waals surface area contributed by atoms with Crippen molar-refractivity contribution in [1.82, 2.24) is 14.9 Å². The van der Waals surface area contributed by atoms with Crippen molar-refractivity contribution in [2.45, 2.75) is 17.6 Å². The molecular formula is C15H26ClIN4O3S2. The Bertz CT molecular complexity index is 678. The molecule has 0 aromatic carbocycles. The molecule has 2 N–H and O–H groups in total. The van der Waals surface area contributed by atoms with Crippen LogP contribution in [0.5, 0.6) is 0 Å². The van der Waals surface area contributed by atoms with Gasteiger partial charge in [-0.15, -0.1) is 35.3 Å². The number of nitrogens with one attached hydrogen (secondary N) is 2. The minimum absolute atomic E-state index is 0. The van der Waals surface area contributed by atoms with E-state index in [2.05, 4.69) is 19.9 Å². The molecule has 1 fully saturated rings. The average molecular weight is 537 g/mol. The molecule has 0 amide bonds. The molecule has 0 spiro atoms. The van der Waals surface area contributed by atoms with Crippen molar-refractivity contribution in [3.63, 3.8) is 0 Å². The Hall–Kier alpha value is -0.140. The van der Waals surface area contributed by atoms with Gasteiger partial charge in [0.2, 0.25) is 10.0 Å². The van der Waals surface area contributed by atoms with E-state index in [0.29, 0.717) is 16.8 Å². The molecule has 1 aliphatic rings. The summed E-state index contributed by atoms with van der Waals surface area (Å²) in [6.07, 6.45) is 1.06. The van der Waals surface area contributed by atoms with E-state index in [4.69, 9.17) is 16.3 Å². The highest BCUT2D eigenvalue weighted by atomic mass is 127. The predicted molar refractivity (Wildman–Crippen MR) is 117 cm³/mol. The fraction of sp³-hybridized carbons (Fsp3) is 0.667. The second-order valence-corrected chi connectivity index (χ2v) is 9.51. The van der Waals surface area contributed by atoms with Crippen molar-refractivity contribution >= 4 is 62.9 Å². The van der Waals surface area contributed by atoms with Gasteiger partial charge in [0, 0.05) is 39.2 Å². The molecular weight excluding hydrogens is 511 g/mol. The lowest BCUT2D eigenvalue weighted by Crippen LogP contribution is -2.42. The molecule has 0 radical (unpaired) electrons. The van der Waals surface area contributed by atoms with Gasteiger partial charge in [0.1, 0.15) is 4.21 Å². The molecule has 1 saturated heterocycles. The number of ether oxygens (including phenoxy) is 1. The van der Waals surface area contributed by atoms with Crippen LogP contribution in [0.25, 0.3) is 0 Å². The van der Waals surface area contributed by atoms with E-state index in [1.54, 1.807) is 6.07 Å². The molecule has 2 rings (SSSR count). The molecule has 0 saturated carbocycles. The first kappa shape index (κ1) is 23.9. The third kappa shape index (κ3) is 7.47. The zero-order valence-corrected chi connectivity index (χ0v) is 19.6. The van der Waals surface area contributed by atoms with E-state index < -0.39 is 10.0 Å². The van der Waals surface area contributed by atoms with Gasteiger partial charge in [-0.25, -0.2) is 13.1 Å². The summed E-state index contributed by atoms with van der Waals surface area (Å²) < 4.78 is 32.9. The Morgan fingerprint density at radius 1 is 1.50 bits per heavy atom. The van der Waals surface area contributed by atoms with Crippen molar-refractivity contribution in [3.8, 4) is 0 Å². The largest absolute Gasteiger partial charge is 0.381 e. The smallest absolute Gasteiger partial charge is 0.250 e. The molecule has 11 heteroatoms. The molecule has 1 aromatic heterocycles. The second kappa shape index (κ2) is 11.6. The summed E-state index contributed by atoms with van der Waals surface area (Å²) in [5, 5.41) is 3.23. The number of guanidine groups is 1. The quantitative estimate of drug-likeness (QED) is 0.230. The number of sulfonamides is 1. The standard InChI is InChI=1S/C15H25ClN4O3S2.HI/c1-3-17-15(20(2)10-12-6-9-23-11-12)18-7-8-19-25(21,22)14-5-4-13(16)24-14;/h4-5,12,19H,3,6-11H2,1-2H3,(H,17,18);1H. The number of hydrogen-bond acceptors (Lipinski definition) is 5. The highest BCUT2D eigenvalue weighted by Gasteiger charge is 2.19. The Labute approximate surface area is 181 Å². The van der Waals surface area contributed by atoms with E-state index in [1.807, 2.05) is 14.0 Å². The van der Waals surface area contributed by atoms with Crippen LogP contribution in [0.4, 0.5) is 0 Å². The van der Waals surface area contributed by atoms with E-state index in [-0.39, 0.29) is 34.7 Å². The number of halogens is 2. The first-order chi connectivity index (χ1) is 11.9. The van der Waals surface area contributed by atoms with Crippen molar-refractivity contribution < 1.29 is 13.2 Å². The number of thiophene rings is 1. The van der Waals surface area contributed by atoms with Crippen molar-refractivity contribution in [2.75, 3.05) is 46.4 Å². The summed E-state index contributed by atoms with van der Waals surface area (Å²) in [5.74, 6) is 1.28. The molecule has 1 aliphatic heterocycles. The van der Waals surface area contributed by atoms with Gasteiger partial charge in [-0.2, -0.15) is 0 Å². The topological polar surface area (TPSA) is 83.0 Å². The molecule has 1 aromatic rings. The monoisotopic (exact) mass is 536 g/mol. The number of rotatable bonds is 8. The van der Waals surface area contributed by atoms with Crippen molar-refractivity contribution in [3.05, 3.63) is 16.5 Å². The molecule has 1 atom stereocenters. The molecule has 2 heterocycles. The number of hydrogen-bond donors (Lipinski definition) is 2. The summed E-state index contributed by atoms with van der Waals surface area (Å²) in [4.78, 5) is 6.56. The van der Waals surface area contributed by atoms with Crippen molar-refractivity contribution in [1.29, 1.82) is 0 Å². The third-order valence-corrected chi connectivity index (χ3v) is 6.92. The SMILES string of the molecule is CCNC(=NCCNS(=O)(=O)c1ccc(Cl)s1)N(C)CC1CCOC1.I. The zero-order chi connectivity index (χ0) is 18.3. The number of aliphatic imine (C=N–C) groups is 1. The fourth-order valence-electron chi connectivity index (χ4n) is 2.53. The lowest BCUT2D eigenvalue weighted by atomic mass is 10.1. The molecule has 26 heavy (non-hydrogen) atoms. The Kier molecular flexibility index (Phi) is 10.7. The second-order valence-electron chi connectivity index (χ2n) is 5.80. The average Bonchev–Trinajstić information content (AvgIpc) is 3.22. The first-order valence-corrected chi connectivity index (χ1v) is 10.9. The normalized spacial score (nSPS) is 17.8. The van der Waals surface area contributed by atoms with Gasteiger partial charge in [-0.1, -0.05) is 11.6 Å². The van der Waals surface area contributed by atoms with Crippen LogP contribution in [0.2, 0.25) is 4.34 Å². The summed E-state index contributed by atoms with van der Waals surface area (Å²) >= 11 is 6.83. The van der Waals surface area contributed by atoms with Crippen LogP contribution < -0.4 is 10.0 Å². The first-order valence-electron chi connectivity index (χ1n) is 8.24. The molecule has 0 aliphatic carbocycles. The van der Waals surface area contributed by atoms with Crippen molar-refractivity contribution in [2.24, 2.45) is 10.9 Å². The molecule has 7 nitrogen and oxygen atoms in total. The minimum atomic E-state index is -3.52. The van der Waals surface area contributed by atoms with Crippen LogP contribution in [0.3, 0.4) is 0 Å². The van der Waals surface area contributed by atoms with E-state index >= 15 is 0 Å². The Balaban J connectivity index is 0.00000338. The van der Waals surface area contributed by atoms with Crippen LogP contribution in [-0.4, -0.2) is 65.7 Å². The van der Waals surface area contributed by atoms with Crippen LogP contribution >= 0.6 is 46.9 Å². The zero-order valence-electron chi connectivity index (χ0n) is 14.9. The van der Waals surface area contributed by atoms with Crippen LogP contribution in [-0.2, 0) is 14.8 Å². The maximum Gasteiger partial charge on any atom is 0.250 e. The van der Waals surface area contributed by atoms with E-state index in [1.165, 1.54) is 6.07 Å². The predicted octanol–water partition coefficient (Wildman–Crippen LogP) is 2.23. The van der Waals surface area contributed by atoms with E-state index in [9.17, 15) is 8.42 Å². The van der Waals surface area contributed by atoms with Gasteiger partial charge in [-0.05, 0) is 25.5 Å². The summed E-state index contributed by atoms with van der Waals surface area (Å²) in [7, 11) is -1.54. The van der Waals surface area contributed by atoms with Gasteiger partial charge >= 0.3 is 0 Å². The maximum absolute atomic E-state index is 12.1. The van der Waals surface area contributed by atoms with Gasteiger partial charge in [0.15, 0.2) is 5.96 Å². The molecule has 150 valence electrons. The van der Waals surface area contributed by atoms with Gasteiger partial charge < -0.3 is 15.0 Å². The molecule has 0 bridgehead atoms. The maximum atomic E-state index is 12.1. The highest BCUT2D eigenvalue weighted by Crippen LogP contribution is 2.25. The van der Waals surface area contributed by atoms with Gasteiger partial charge in [0.25, 0.3) is 0 Å². The van der Waals surface area contributed by atoms with Gasteiger partial charge in [-0.3, -0.25) is 4.99 Å². The lowest BCUT2D eigenvalue weighted by molar-refractivity contribution is 0.181. The summed E-state index contributed by atoms with van der Waals surface area (Å²) in [5.41, 5.74) is 0. The van der Waals surface area contributed by atoms with E-state index in [0.717, 1.165) is 50.0 Å². The fourth-order valence-corrected chi connectivity index (χ4v) is 5.07. The third-order valence-electron chi connectivity index (χ3n) is 3.73. The van der Waals surface area contributed by atoms with Crippen LogP contribution in [0.1, 0.15) is 13.3 Å². The van der Waals surface area contributed by atoms with Crippen LogP contribution in [0, 0.1) is 5.92 Å². The minimum Gasteiger partial charge on any atom is -0.381 e. The Morgan fingerprint density at radius 3 is 2.85 bits per heavy atom. The highest BCUT2D eigenvalue weighted by molar-refractivity contribution is 14.0. The lowest BCUT2D eigenvalue weighted by Gasteiger charge is -2.24. The van der Waals surface area contributed by atoms with Crippen LogP contribution in [0.15, 0.2) is 21.3 Å². The number of nitrogens with zero attached hydrogens (tertiary/aromatic N) is 2. The molecule has 1 unspecified atom stereocenters. The Morgan fingerprint density at radius 2 is 2.27 bits per heavy atom.